The molecule has 0 N–H and O–H groups in total. The number of hydrogen-bond donors (Lipinski definition) is 0. The molecule has 0 radical (unpaired) electrons. The molecule has 1 aliphatic carbocycles. The van der Waals surface area contributed by atoms with Crippen molar-refractivity contribution in [1.82, 2.24) is 5.06 Å². The van der Waals surface area contributed by atoms with Crippen LogP contribution in [0.15, 0.2) is 0 Å². The van der Waals surface area contributed by atoms with Gasteiger partial charge in [-0.1, -0.05) is 32.1 Å². The molecule has 100 valence electrons. The van der Waals surface area contributed by atoms with Crippen molar-refractivity contribution < 1.29 is 9.63 Å². The Bertz CT molecular complexity index is 208. The van der Waals surface area contributed by atoms with E-state index in [4.69, 9.17) is 4.84 Å². The maximum Gasteiger partial charge on any atom is 0.325 e. The summed E-state index contributed by atoms with van der Waals surface area (Å²) in [5.41, 5.74) is 0. The highest BCUT2D eigenvalue weighted by atomic mass is 16.7. The summed E-state index contributed by atoms with van der Waals surface area (Å²) in [4.78, 5) is 16.8. The van der Waals surface area contributed by atoms with Gasteiger partial charge in [0.15, 0.2) is 0 Å². The molecule has 0 amide bonds. The minimum Gasteiger partial charge on any atom is -0.368 e. The Balaban J connectivity index is 2.06. The zero-order valence-corrected chi connectivity index (χ0v) is 11.4. The second-order valence-corrected chi connectivity index (χ2v) is 4.97. The molecule has 0 heterocycles. The van der Waals surface area contributed by atoms with Crippen molar-refractivity contribution in [2.45, 2.75) is 65.2 Å². The lowest BCUT2D eigenvalue weighted by atomic mass is 9.86. The third kappa shape index (κ3) is 6.06. The molecule has 1 saturated carbocycles. The first-order chi connectivity index (χ1) is 8.26. The van der Waals surface area contributed by atoms with Gasteiger partial charge in [0.25, 0.3) is 0 Å². The molecule has 0 atom stereocenters. The Kier molecular flexibility index (Phi) is 7.25. The van der Waals surface area contributed by atoms with Gasteiger partial charge in [-0.05, 0) is 32.6 Å². The van der Waals surface area contributed by atoms with Crippen LogP contribution >= 0.6 is 0 Å². The molecule has 1 rings (SSSR count). The first-order valence-corrected chi connectivity index (χ1v) is 7.22. The highest BCUT2D eigenvalue weighted by Crippen LogP contribution is 2.27. The van der Waals surface area contributed by atoms with Crippen molar-refractivity contribution in [3.63, 3.8) is 0 Å². The Morgan fingerprint density at radius 3 is 2.41 bits per heavy atom. The summed E-state index contributed by atoms with van der Waals surface area (Å²) < 4.78 is 0. The lowest BCUT2D eigenvalue weighted by Crippen LogP contribution is -2.26. The van der Waals surface area contributed by atoms with Crippen LogP contribution in [0, 0.1) is 5.92 Å². The lowest BCUT2D eigenvalue weighted by molar-refractivity contribution is -0.188. The van der Waals surface area contributed by atoms with Crippen LogP contribution in [0.5, 0.6) is 0 Å². The monoisotopic (exact) mass is 241 g/mol. The predicted molar refractivity (Wildman–Crippen MR) is 69.4 cm³/mol. The molecule has 0 spiro atoms. The summed E-state index contributed by atoms with van der Waals surface area (Å²) >= 11 is 0. The van der Waals surface area contributed by atoms with Gasteiger partial charge in [0.1, 0.15) is 0 Å². The number of carbonyl (C=O) groups excluding carboxylic acids is 1. The quantitative estimate of drug-likeness (QED) is 0.638. The van der Waals surface area contributed by atoms with E-state index in [1.165, 1.54) is 38.5 Å². The molecule has 0 unspecified atom stereocenters. The molecule has 0 aromatic rings. The van der Waals surface area contributed by atoms with E-state index in [0.29, 0.717) is 6.42 Å². The zero-order valence-electron chi connectivity index (χ0n) is 11.4. The topological polar surface area (TPSA) is 29.5 Å². The Morgan fingerprint density at radius 2 is 1.82 bits per heavy atom. The largest absolute Gasteiger partial charge is 0.368 e. The van der Waals surface area contributed by atoms with Gasteiger partial charge in [-0.3, -0.25) is 4.79 Å². The first-order valence-electron chi connectivity index (χ1n) is 7.22. The van der Waals surface area contributed by atoms with Crippen LogP contribution in [0.1, 0.15) is 65.2 Å². The van der Waals surface area contributed by atoms with Crippen molar-refractivity contribution in [3.8, 4) is 0 Å². The van der Waals surface area contributed by atoms with Crippen LogP contribution in [0.3, 0.4) is 0 Å². The normalized spacial score (nSPS) is 17.4. The van der Waals surface area contributed by atoms with E-state index >= 15 is 0 Å². The van der Waals surface area contributed by atoms with Crippen molar-refractivity contribution in [2.75, 3.05) is 13.1 Å². The van der Waals surface area contributed by atoms with Crippen LogP contribution in [0.25, 0.3) is 0 Å². The summed E-state index contributed by atoms with van der Waals surface area (Å²) in [5, 5.41) is 1.71. The van der Waals surface area contributed by atoms with Gasteiger partial charge in [-0.2, -0.15) is 0 Å². The van der Waals surface area contributed by atoms with E-state index < -0.39 is 0 Å². The number of rotatable bonds is 7. The number of hydrogen-bond acceptors (Lipinski definition) is 3. The van der Waals surface area contributed by atoms with Crippen LogP contribution in [0.4, 0.5) is 0 Å². The molecule has 3 heteroatoms. The molecule has 0 bridgehead atoms. The molecule has 0 aliphatic heterocycles. The van der Waals surface area contributed by atoms with Crippen molar-refractivity contribution >= 4 is 5.97 Å². The zero-order chi connectivity index (χ0) is 12.5. The standard InChI is InChI=1S/C14H27NO2/c1-3-15(4-2)17-14(16)12-8-11-13-9-6-5-7-10-13/h13H,3-12H2,1-2H3. The van der Waals surface area contributed by atoms with Gasteiger partial charge in [0.2, 0.25) is 0 Å². The van der Waals surface area contributed by atoms with E-state index in [-0.39, 0.29) is 5.97 Å². The van der Waals surface area contributed by atoms with Gasteiger partial charge in [0, 0.05) is 19.5 Å². The highest BCUT2D eigenvalue weighted by molar-refractivity contribution is 5.68. The number of hydroxylamine groups is 2. The maximum absolute atomic E-state index is 11.5. The summed E-state index contributed by atoms with van der Waals surface area (Å²) in [6.45, 7) is 5.54. The Labute approximate surface area is 105 Å². The minimum atomic E-state index is -0.0653. The first kappa shape index (κ1) is 14.5. The van der Waals surface area contributed by atoms with Crippen LogP contribution in [-0.2, 0) is 9.63 Å². The Morgan fingerprint density at radius 1 is 1.18 bits per heavy atom. The van der Waals surface area contributed by atoms with Gasteiger partial charge >= 0.3 is 5.97 Å². The second-order valence-electron chi connectivity index (χ2n) is 4.97. The molecule has 0 aromatic carbocycles. The molecular weight excluding hydrogens is 214 g/mol. The van der Waals surface area contributed by atoms with Gasteiger partial charge in [0.05, 0.1) is 0 Å². The maximum atomic E-state index is 11.5. The predicted octanol–water partition coefficient (Wildman–Crippen LogP) is 3.54. The Hall–Kier alpha value is -0.570. The summed E-state index contributed by atoms with van der Waals surface area (Å²) in [6.07, 6.45) is 9.67. The van der Waals surface area contributed by atoms with E-state index in [9.17, 15) is 4.79 Å². The van der Waals surface area contributed by atoms with Crippen molar-refractivity contribution in [3.05, 3.63) is 0 Å². The fourth-order valence-electron chi connectivity index (χ4n) is 2.55. The van der Waals surface area contributed by atoms with E-state index in [1.54, 1.807) is 5.06 Å². The van der Waals surface area contributed by atoms with E-state index in [1.807, 2.05) is 13.8 Å². The summed E-state index contributed by atoms with van der Waals surface area (Å²) in [7, 11) is 0. The highest BCUT2D eigenvalue weighted by Gasteiger charge is 2.14. The minimum absolute atomic E-state index is 0.0653. The average Bonchev–Trinajstić information content (AvgIpc) is 2.37. The fraction of sp³-hybridized carbons (Fsp3) is 0.929. The van der Waals surface area contributed by atoms with Gasteiger partial charge in [-0.15, -0.1) is 5.06 Å². The van der Waals surface area contributed by atoms with Crippen molar-refractivity contribution in [1.29, 1.82) is 0 Å². The molecule has 0 aromatic heterocycles. The molecule has 0 saturated heterocycles. The number of nitrogens with zero attached hydrogens (tertiary/aromatic N) is 1. The molecule has 17 heavy (non-hydrogen) atoms. The van der Waals surface area contributed by atoms with Crippen LogP contribution in [-0.4, -0.2) is 24.1 Å². The fourth-order valence-corrected chi connectivity index (χ4v) is 2.55. The average molecular weight is 241 g/mol. The summed E-state index contributed by atoms with van der Waals surface area (Å²) in [5.74, 6) is 0.800. The summed E-state index contributed by atoms with van der Waals surface area (Å²) in [6, 6.07) is 0. The molecule has 3 nitrogen and oxygen atoms in total. The smallest absolute Gasteiger partial charge is 0.325 e. The SMILES string of the molecule is CCN(CC)OC(=O)CCCC1CCCCC1. The second kappa shape index (κ2) is 8.51. The molecule has 1 aliphatic rings. The van der Waals surface area contributed by atoms with Crippen LogP contribution in [0.2, 0.25) is 0 Å². The third-order valence-corrected chi connectivity index (χ3v) is 3.65. The van der Waals surface area contributed by atoms with Gasteiger partial charge in [-0.25, -0.2) is 0 Å². The number of carbonyl (C=O) groups is 1. The van der Waals surface area contributed by atoms with Crippen LogP contribution < -0.4 is 0 Å². The third-order valence-electron chi connectivity index (χ3n) is 3.65. The molecule has 1 fully saturated rings. The lowest BCUT2D eigenvalue weighted by Gasteiger charge is -2.21. The molecular formula is C14H27NO2. The van der Waals surface area contributed by atoms with Crippen molar-refractivity contribution in [2.24, 2.45) is 5.92 Å². The van der Waals surface area contributed by atoms with E-state index in [2.05, 4.69) is 0 Å². The van der Waals surface area contributed by atoms with Gasteiger partial charge < -0.3 is 4.84 Å². The van der Waals surface area contributed by atoms with E-state index in [0.717, 1.165) is 25.4 Å².